The van der Waals surface area contributed by atoms with Gasteiger partial charge in [-0.15, -0.1) is 11.3 Å². The van der Waals surface area contributed by atoms with Crippen molar-refractivity contribution in [1.82, 2.24) is 19.6 Å². The number of alkyl halides is 3. The van der Waals surface area contributed by atoms with Crippen molar-refractivity contribution < 1.29 is 36.7 Å². The summed E-state index contributed by atoms with van der Waals surface area (Å²) in [7, 11) is 1.57. The maximum Gasteiger partial charge on any atom is 0.435 e. The summed E-state index contributed by atoms with van der Waals surface area (Å²) in [6, 6.07) is 5.70. The summed E-state index contributed by atoms with van der Waals surface area (Å²) in [5.41, 5.74) is -1.96. The van der Waals surface area contributed by atoms with Crippen LogP contribution in [-0.4, -0.2) is 63.1 Å². The largest absolute Gasteiger partial charge is 0.463 e. The second kappa shape index (κ2) is 11.3. The van der Waals surface area contributed by atoms with E-state index in [0.717, 1.165) is 10.7 Å². The molecule has 0 saturated heterocycles. The van der Waals surface area contributed by atoms with Crippen LogP contribution in [0.3, 0.4) is 0 Å². The Bertz CT molecular complexity index is 1270. The van der Waals surface area contributed by atoms with Crippen LogP contribution in [0.2, 0.25) is 0 Å². The highest BCUT2D eigenvalue weighted by atomic mass is 32.1. The SMILES string of the molecule is CN(CCN(Cc1cc(-n2nc(C(F)(F)F)cc2-c2ccco2)cs1)C(=O)OC(C)(C)C)C(=O)OC(C)(C)C. The molecule has 0 bridgehead atoms. The molecule has 0 aliphatic rings. The molecule has 3 aromatic rings. The number of aromatic nitrogens is 2. The lowest BCUT2D eigenvalue weighted by Gasteiger charge is -2.29. The van der Waals surface area contributed by atoms with E-state index in [0.29, 0.717) is 10.6 Å². The van der Waals surface area contributed by atoms with Crippen LogP contribution in [0, 0.1) is 0 Å². The topological polar surface area (TPSA) is 90.0 Å². The van der Waals surface area contributed by atoms with Gasteiger partial charge >= 0.3 is 18.4 Å². The van der Waals surface area contributed by atoms with Gasteiger partial charge in [0.1, 0.15) is 16.9 Å². The van der Waals surface area contributed by atoms with Crippen molar-refractivity contribution in [3.8, 4) is 17.1 Å². The van der Waals surface area contributed by atoms with E-state index in [1.165, 1.54) is 27.4 Å². The number of ether oxygens (including phenoxy) is 2. The number of thiophene rings is 1. The first-order valence-electron chi connectivity index (χ1n) is 12.1. The Labute approximate surface area is 229 Å². The molecule has 13 heteroatoms. The Kier molecular flexibility index (Phi) is 8.73. The molecule has 2 amide bonds. The van der Waals surface area contributed by atoms with Crippen LogP contribution in [0.25, 0.3) is 17.1 Å². The number of likely N-dealkylation sites (N-methyl/N-ethyl adjacent to an activating group) is 1. The number of furan rings is 1. The fourth-order valence-corrected chi connectivity index (χ4v) is 4.19. The standard InChI is InChI=1S/C26H33F3N4O5S/c1-24(2,3)37-22(34)31(7)10-11-32(23(35)38-25(4,5)6)15-18-13-17(16-39-18)33-19(20-9-8-12-36-20)14-21(30-33)26(27,28)29/h8-9,12-14,16H,10-11,15H2,1-7H3. The smallest absolute Gasteiger partial charge is 0.435 e. The lowest BCUT2D eigenvalue weighted by atomic mass is 10.2. The number of hydrogen-bond acceptors (Lipinski definition) is 7. The molecule has 0 N–H and O–H groups in total. The summed E-state index contributed by atoms with van der Waals surface area (Å²) in [5.74, 6) is 0.228. The number of hydrogen-bond donors (Lipinski definition) is 0. The first-order valence-corrected chi connectivity index (χ1v) is 13.0. The molecular formula is C26H33F3N4O5S. The Morgan fingerprint density at radius 3 is 2.23 bits per heavy atom. The molecule has 0 aromatic carbocycles. The van der Waals surface area contributed by atoms with Crippen LogP contribution in [0.5, 0.6) is 0 Å². The maximum absolute atomic E-state index is 13.4. The highest BCUT2D eigenvalue weighted by Gasteiger charge is 2.36. The van der Waals surface area contributed by atoms with E-state index < -0.39 is 35.3 Å². The molecule has 0 atom stereocenters. The number of carbonyl (C=O) groups is 2. The summed E-state index contributed by atoms with van der Waals surface area (Å²) < 4.78 is 57.7. The zero-order chi connectivity index (χ0) is 29.2. The van der Waals surface area contributed by atoms with Crippen LogP contribution in [0.15, 0.2) is 40.3 Å². The Morgan fingerprint density at radius 1 is 1.03 bits per heavy atom. The van der Waals surface area contributed by atoms with Gasteiger partial charge in [-0.05, 0) is 59.7 Å². The lowest BCUT2D eigenvalue weighted by molar-refractivity contribution is -0.141. The van der Waals surface area contributed by atoms with Gasteiger partial charge in [0.15, 0.2) is 11.5 Å². The summed E-state index contributed by atoms with van der Waals surface area (Å²) in [6.07, 6.45) is -4.40. The molecule has 0 radical (unpaired) electrons. The third kappa shape index (κ3) is 8.50. The fourth-order valence-electron chi connectivity index (χ4n) is 3.33. The monoisotopic (exact) mass is 570 g/mol. The van der Waals surface area contributed by atoms with Gasteiger partial charge in [-0.2, -0.15) is 18.3 Å². The van der Waals surface area contributed by atoms with E-state index in [2.05, 4.69) is 5.10 Å². The van der Waals surface area contributed by atoms with E-state index in [4.69, 9.17) is 13.9 Å². The summed E-state index contributed by atoms with van der Waals surface area (Å²) in [6.45, 7) is 10.9. The van der Waals surface area contributed by atoms with E-state index in [1.54, 1.807) is 72.2 Å². The van der Waals surface area contributed by atoms with Gasteiger partial charge in [-0.1, -0.05) is 0 Å². The third-order valence-electron chi connectivity index (χ3n) is 5.07. The highest BCUT2D eigenvalue weighted by Crippen LogP contribution is 2.34. The average Bonchev–Trinajstić information content (AvgIpc) is 3.53. The number of nitrogens with zero attached hydrogens (tertiary/aromatic N) is 4. The van der Waals surface area contributed by atoms with Gasteiger partial charge in [0.2, 0.25) is 0 Å². The molecule has 0 unspecified atom stereocenters. The van der Waals surface area contributed by atoms with Crippen molar-refractivity contribution >= 4 is 23.5 Å². The van der Waals surface area contributed by atoms with Crippen LogP contribution >= 0.6 is 11.3 Å². The third-order valence-corrected chi connectivity index (χ3v) is 5.98. The lowest BCUT2D eigenvalue weighted by Crippen LogP contribution is -2.42. The van der Waals surface area contributed by atoms with Crippen LogP contribution < -0.4 is 0 Å². The van der Waals surface area contributed by atoms with Gasteiger partial charge in [0, 0.05) is 36.5 Å². The molecule has 214 valence electrons. The molecular weight excluding hydrogens is 537 g/mol. The number of amides is 2. The highest BCUT2D eigenvalue weighted by molar-refractivity contribution is 7.10. The van der Waals surface area contributed by atoms with Gasteiger partial charge in [0.25, 0.3) is 0 Å². The minimum absolute atomic E-state index is 0.102. The Balaban J connectivity index is 1.84. The molecule has 0 aliphatic carbocycles. The quantitative estimate of drug-likeness (QED) is 0.310. The molecule has 0 spiro atoms. The molecule has 3 aromatic heterocycles. The van der Waals surface area contributed by atoms with Gasteiger partial charge in [-0.25, -0.2) is 14.3 Å². The predicted molar refractivity (Wildman–Crippen MR) is 140 cm³/mol. The van der Waals surface area contributed by atoms with Gasteiger partial charge < -0.3 is 23.7 Å². The molecule has 0 fully saturated rings. The van der Waals surface area contributed by atoms with Crippen LogP contribution in [-0.2, 0) is 22.2 Å². The zero-order valence-corrected chi connectivity index (χ0v) is 23.8. The minimum atomic E-state index is -4.64. The first kappa shape index (κ1) is 30.1. The molecule has 0 aliphatic heterocycles. The molecule has 3 heterocycles. The number of carbonyl (C=O) groups excluding carboxylic acids is 2. The molecule has 0 saturated carbocycles. The second-order valence-corrected chi connectivity index (χ2v) is 11.9. The summed E-state index contributed by atoms with van der Waals surface area (Å²) >= 11 is 1.25. The first-order chi connectivity index (χ1) is 17.9. The maximum atomic E-state index is 13.4. The van der Waals surface area contributed by atoms with Crippen molar-refractivity contribution in [1.29, 1.82) is 0 Å². The fraction of sp³-hybridized carbons (Fsp3) is 0.500. The van der Waals surface area contributed by atoms with E-state index in [1.807, 2.05) is 0 Å². The molecule has 3 rings (SSSR count). The van der Waals surface area contributed by atoms with Crippen LogP contribution in [0.1, 0.15) is 52.1 Å². The molecule has 9 nitrogen and oxygen atoms in total. The predicted octanol–water partition coefficient (Wildman–Crippen LogP) is 6.82. The van der Waals surface area contributed by atoms with Crippen molar-refractivity contribution in [2.24, 2.45) is 0 Å². The number of rotatable bonds is 7. The van der Waals surface area contributed by atoms with Crippen molar-refractivity contribution in [2.75, 3.05) is 20.1 Å². The second-order valence-electron chi connectivity index (χ2n) is 10.9. The average molecular weight is 571 g/mol. The van der Waals surface area contributed by atoms with Gasteiger partial charge in [0.05, 0.1) is 18.5 Å². The van der Waals surface area contributed by atoms with Crippen molar-refractivity contribution in [2.45, 2.75) is 65.5 Å². The zero-order valence-electron chi connectivity index (χ0n) is 23.0. The Hall–Kier alpha value is -3.48. The van der Waals surface area contributed by atoms with Crippen molar-refractivity contribution in [3.05, 3.63) is 46.5 Å². The van der Waals surface area contributed by atoms with Crippen molar-refractivity contribution in [3.63, 3.8) is 0 Å². The summed E-state index contributed by atoms with van der Waals surface area (Å²) in [5, 5.41) is 5.41. The Morgan fingerprint density at radius 2 is 1.67 bits per heavy atom. The summed E-state index contributed by atoms with van der Waals surface area (Å²) in [4.78, 5) is 28.8. The van der Waals surface area contributed by atoms with E-state index in [9.17, 15) is 22.8 Å². The van der Waals surface area contributed by atoms with E-state index >= 15 is 0 Å². The van der Waals surface area contributed by atoms with E-state index in [-0.39, 0.29) is 31.1 Å². The van der Waals surface area contributed by atoms with Crippen LogP contribution in [0.4, 0.5) is 22.8 Å². The minimum Gasteiger partial charge on any atom is -0.463 e. The molecule has 39 heavy (non-hydrogen) atoms. The number of halogens is 3. The van der Waals surface area contributed by atoms with Gasteiger partial charge in [-0.3, -0.25) is 0 Å². The normalized spacial score (nSPS) is 12.4.